The highest BCUT2D eigenvalue weighted by atomic mass is 16.3. The van der Waals surface area contributed by atoms with Gasteiger partial charge in [0, 0.05) is 5.56 Å². The van der Waals surface area contributed by atoms with E-state index in [0.717, 1.165) is 17.5 Å². The Morgan fingerprint density at radius 3 is 2.33 bits per heavy atom. The van der Waals surface area contributed by atoms with Gasteiger partial charge < -0.3 is 5.11 Å². The first-order valence-electron chi connectivity index (χ1n) is 6.19. The smallest absolute Gasteiger partial charge is 0.115 e. The predicted octanol–water partition coefficient (Wildman–Crippen LogP) is 4.56. The summed E-state index contributed by atoms with van der Waals surface area (Å²) < 4.78 is 0. The lowest BCUT2D eigenvalue weighted by molar-refractivity contribution is 0.512. The highest BCUT2D eigenvalue weighted by molar-refractivity contribution is 5.59. The number of rotatable bonds is 4. The normalized spacial score (nSPS) is 12.1. The predicted molar refractivity (Wildman–Crippen MR) is 76.7 cm³/mol. The van der Waals surface area contributed by atoms with Crippen molar-refractivity contribution >= 4 is 5.76 Å². The summed E-state index contributed by atoms with van der Waals surface area (Å²) in [6, 6.07) is 18.3. The molecule has 0 spiro atoms. The van der Waals surface area contributed by atoms with E-state index in [-0.39, 0.29) is 5.76 Å². The Balaban J connectivity index is 2.22. The molecule has 0 fully saturated rings. The van der Waals surface area contributed by atoms with Crippen LogP contribution in [0, 0.1) is 0 Å². The van der Waals surface area contributed by atoms with Crippen LogP contribution in [0.4, 0.5) is 0 Å². The lowest BCUT2D eigenvalue weighted by Gasteiger charge is -2.14. The molecule has 0 heterocycles. The molecule has 0 saturated carbocycles. The molecule has 18 heavy (non-hydrogen) atoms. The van der Waals surface area contributed by atoms with Crippen LogP contribution in [0.3, 0.4) is 0 Å². The second-order valence-corrected chi connectivity index (χ2v) is 4.62. The van der Waals surface area contributed by atoms with Crippen LogP contribution in [-0.2, 0) is 6.42 Å². The molecule has 2 aromatic carbocycles. The van der Waals surface area contributed by atoms with Crippen LogP contribution in [0.15, 0.2) is 61.2 Å². The minimum absolute atomic E-state index is 0.144. The second-order valence-electron chi connectivity index (χ2n) is 4.62. The Hall–Kier alpha value is -2.02. The van der Waals surface area contributed by atoms with Crippen molar-refractivity contribution in [1.82, 2.24) is 0 Å². The van der Waals surface area contributed by atoms with Crippen LogP contribution >= 0.6 is 0 Å². The molecule has 0 aliphatic rings. The van der Waals surface area contributed by atoms with Crippen LogP contribution in [-0.4, -0.2) is 5.11 Å². The van der Waals surface area contributed by atoms with Crippen molar-refractivity contribution in [2.45, 2.75) is 19.3 Å². The van der Waals surface area contributed by atoms with Gasteiger partial charge in [-0.1, -0.05) is 68.1 Å². The van der Waals surface area contributed by atoms with Crippen molar-refractivity contribution in [3.8, 4) is 0 Å². The first-order chi connectivity index (χ1) is 8.68. The van der Waals surface area contributed by atoms with Gasteiger partial charge in [-0.15, -0.1) is 0 Å². The van der Waals surface area contributed by atoms with Gasteiger partial charge in [-0.3, -0.25) is 0 Å². The summed E-state index contributed by atoms with van der Waals surface area (Å²) in [5, 5.41) is 9.59. The number of aliphatic hydroxyl groups is 1. The number of hydrogen-bond acceptors (Lipinski definition) is 1. The van der Waals surface area contributed by atoms with Crippen molar-refractivity contribution in [2.75, 3.05) is 0 Å². The van der Waals surface area contributed by atoms with Gasteiger partial charge in [0.05, 0.1) is 0 Å². The largest absolute Gasteiger partial charge is 0.508 e. The van der Waals surface area contributed by atoms with Crippen molar-refractivity contribution in [3.63, 3.8) is 0 Å². The van der Waals surface area contributed by atoms with E-state index in [0.29, 0.717) is 5.92 Å². The van der Waals surface area contributed by atoms with Crippen LogP contribution in [0.25, 0.3) is 5.76 Å². The fraction of sp³-hybridized carbons (Fsp3) is 0.176. The lowest BCUT2D eigenvalue weighted by atomic mass is 9.91. The first-order valence-corrected chi connectivity index (χ1v) is 6.19. The molecule has 1 atom stereocenters. The Labute approximate surface area is 108 Å². The minimum atomic E-state index is 0.144. The highest BCUT2D eigenvalue weighted by Crippen LogP contribution is 2.24. The molecule has 1 unspecified atom stereocenters. The number of hydrogen-bond donors (Lipinski definition) is 1. The van der Waals surface area contributed by atoms with Gasteiger partial charge in [-0.25, -0.2) is 0 Å². The molecule has 0 aliphatic heterocycles. The maximum Gasteiger partial charge on any atom is 0.115 e. The van der Waals surface area contributed by atoms with Crippen molar-refractivity contribution in [1.29, 1.82) is 0 Å². The molecule has 0 radical (unpaired) electrons. The SMILES string of the molecule is C=C(O)c1ccccc1CC(C)c1ccccc1. The number of benzene rings is 2. The van der Waals surface area contributed by atoms with Gasteiger partial charge >= 0.3 is 0 Å². The number of aliphatic hydroxyl groups excluding tert-OH is 1. The fourth-order valence-corrected chi connectivity index (χ4v) is 2.21. The summed E-state index contributed by atoms with van der Waals surface area (Å²) in [7, 11) is 0. The molecular weight excluding hydrogens is 220 g/mol. The molecule has 2 rings (SSSR count). The molecule has 0 bridgehead atoms. The zero-order chi connectivity index (χ0) is 13.0. The Bertz CT molecular complexity index is 528. The van der Waals surface area contributed by atoms with Crippen LogP contribution in [0.1, 0.15) is 29.5 Å². The third-order valence-corrected chi connectivity index (χ3v) is 3.22. The molecular formula is C17H18O. The molecule has 1 N–H and O–H groups in total. The summed E-state index contributed by atoms with van der Waals surface area (Å²) >= 11 is 0. The van der Waals surface area contributed by atoms with Gasteiger partial charge in [0.25, 0.3) is 0 Å². The van der Waals surface area contributed by atoms with Crippen molar-refractivity contribution < 1.29 is 5.11 Å². The Kier molecular flexibility index (Phi) is 3.83. The summed E-state index contributed by atoms with van der Waals surface area (Å²) in [5.41, 5.74) is 3.30. The molecule has 0 amide bonds. The van der Waals surface area contributed by atoms with E-state index in [4.69, 9.17) is 0 Å². The van der Waals surface area contributed by atoms with Gasteiger partial charge in [0.2, 0.25) is 0 Å². The van der Waals surface area contributed by atoms with Crippen LogP contribution < -0.4 is 0 Å². The average molecular weight is 238 g/mol. The van der Waals surface area contributed by atoms with Gasteiger partial charge in [-0.2, -0.15) is 0 Å². The summed E-state index contributed by atoms with van der Waals surface area (Å²) in [6.07, 6.45) is 0.903. The maximum absolute atomic E-state index is 9.59. The minimum Gasteiger partial charge on any atom is -0.508 e. The van der Waals surface area contributed by atoms with Crippen LogP contribution in [0.2, 0.25) is 0 Å². The molecule has 1 nitrogen and oxygen atoms in total. The van der Waals surface area contributed by atoms with E-state index in [1.807, 2.05) is 24.3 Å². The van der Waals surface area contributed by atoms with Gasteiger partial charge in [0.15, 0.2) is 0 Å². The molecule has 2 aromatic rings. The second kappa shape index (κ2) is 5.54. The molecule has 1 heteroatoms. The highest BCUT2D eigenvalue weighted by Gasteiger charge is 2.10. The summed E-state index contributed by atoms with van der Waals surface area (Å²) in [6.45, 7) is 5.82. The maximum atomic E-state index is 9.59. The third-order valence-electron chi connectivity index (χ3n) is 3.22. The van der Waals surface area contributed by atoms with Crippen LogP contribution in [0.5, 0.6) is 0 Å². The first kappa shape index (κ1) is 12.4. The summed E-state index contributed by atoms with van der Waals surface area (Å²) in [4.78, 5) is 0. The van der Waals surface area contributed by atoms with Crippen molar-refractivity contribution in [2.24, 2.45) is 0 Å². The molecule has 0 aromatic heterocycles. The molecule has 92 valence electrons. The topological polar surface area (TPSA) is 20.2 Å². The zero-order valence-corrected chi connectivity index (χ0v) is 10.6. The summed E-state index contributed by atoms with van der Waals surface area (Å²) in [5.74, 6) is 0.567. The van der Waals surface area contributed by atoms with E-state index >= 15 is 0 Å². The Morgan fingerprint density at radius 2 is 1.67 bits per heavy atom. The molecule has 0 aliphatic carbocycles. The Morgan fingerprint density at radius 1 is 1.06 bits per heavy atom. The van der Waals surface area contributed by atoms with E-state index < -0.39 is 0 Å². The fourth-order valence-electron chi connectivity index (χ4n) is 2.21. The van der Waals surface area contributed by atoms with Gasteiger partial charge in [0.1, 0.15) is 5.76 Å². The standard InChI is InChI=1S/C17H18O/c1-13(15-8-4-3-5-9-15)12-16-10-6-7-11-17(16)14(2)18/h3-11,13,18H,2,12H2,1H3. The van der Waals surface area contributed by atoms with E-state index in [1.165, 1.54) is 5.56 Å². The molecule has 0 saturated heterocycles. The lowest BCUT2D eigenvalue weighted by Crippen LogP contribution is -2.01. The van der Waals surface area contributed by atoms with E-state index in [2.05, 4.69) is 43.8 Å². The monoisotopic (exact) mass is 238 g/mol. The van der Waals surface area contributed by atoms with E-state index in [9.17, 15) is 5.11 Å². The average Bonchev–Trinajstić information content (AvgIpc) is 2.40. The van der Waals surface area contributed by atoms with Crippen molar-refractivity contribution in [3.05, 3.63) is 77.9 Å². The zero-order valence-electron chi connectivity index (χ0n) is 10.6. The van der Waals surface area contributed by atoms with E-state index in [1.54, 1.807) is 0 Å². The quantitative estimate of drug-likeness (QED) is 0.774. The van der Waals surface area contributed by atoms with Gasteiger partial charge in [-0.05, 0) is 23.5 Å². The third kappa shape index (κ3) is 2.80.